The van der Waals surface area contributed by atoms with Gasteiger partial charge in [0.1, 0.15) is 0 Å². The number of rotatable bonds is 8. The average molecular weight is 281 g/mol. The SMILES string of the molecule is COCCNC(CC(=O)O)C(O)c1ccc(C)cc1C. The van der Waals surface area contributed by atoms with Crippen LogP contribution in [0, 0.1) is 13.8 Å². The molecule has 2 unspecified atom stereocenters. The van der Waals surface area contributed by atoms with Crippen molar-refractivity contribution in [2.24, 2.45) is 0 Å². The number of carbonyl (C=O) groups is 1. The molecule has 0 aliphatic heterocycles. The fourth-order valence-electron chi connectivity index (χ4n) is 2.20. The monoisotopic (exact) mass is 281 g/mol. The number of ether oxygens (including phenoxy) is 1. The van der Waals surface area contributed by atoms with Gasteiger partial charge in [-0.2, -0.15) is 0 Å². The van der Waals surface area contributed by atoms with Gasteiger partial charge in [-0.15, -0.1) is 0 Å². The van der Waals surface area contributed by atoms with Gasteiger partial charge in [-0.25, -0.2) is 0 Å². The quantitative estimate of drug-likeness (QED) is 0.628. The van der Waals surface area contributed by atoms with Crippen LogP contribution in [0.1, 0.15) is 29.2 Å². The molecule has 1 rings (SSSR count). The Bertz CT molecular complexity index is 447. The first kappa shape index (κ1) is 16.6. The maximum absolute atomic E-state index is 10.9. The van der Waals surface area contributed by atoms with E-state index in [1.54, 1.807) is 7.11 Å². The highest BCUT2D eigenvalue weighted by Gasteiger charge is 2.24. The van der Waals surface area contributed by atoms with Crippen LogP contribution in [0.15, 0.2) is 18.2 Å². The summed E-state index contributed by atoms with van der Waals surface area (Å²) in [5, 5.41) is 22.4. The molecule has 5 nitrogen and oxygen atoms in total. The van der Waals surface area contributed by atoms with Crippen molar-refractivity contribution in [2.45, 2.75) is 32.4 Å². The third-order valence-corrected chi connectivity index (χ3v) is 3.23. The molecule has 0 saturated heterocycles. The number of aliphatic hydroxyl groups excluding tert-OH is 1. The van der Waals surface area contributed by atoms with Gasteiger partial charge in [0.2, 0.25) is 0 Å². The topological polar surface area (TPSA) is 78.8 Å². The lowest BCUT2D eigenvalue weighted by Crippen LogP contribution is -2.39. The molecule has 0 spiro atoms. The van der Waals surface area contributed by atoms with Crippen molar-refractivity contribution in [1.82, 2.24) is 5.32 Å². The second kappa shape index (κ2) is 7.99. The largest absolute Gasteiger partial charge is 0.481 e. The van der Waals surface area contributed by atoms with E-state index < -0.39 is 18.1 Å². The number of aliphatic hydroxyl groups is 1. The van der Waals surface area contributed by atoms with Crippen molar-refractivity contribution in [3.63, 3.8) is 0 Å². The van der Waals surface area contributed by atoms with E-state index in [1.165, 1.54) is 0 Å². The van der Waals surface area contributed by atoms with Gasteiger partial charge < -0.3 is 20.3 Å². The van der Waals surface area contributed by atoms with Gasteiger partial charge in [-0.1, -0.05) is 23.8 Å². The number of hydrogen-bond donors (Lipinski definition) is 3. The summed E-state index contributed by atoms with van der Waals surface area (Å²) < 4.78 is 4.93. The molecule has 2 atom stereocenters. The number of methoxy groups -OCH3 is 1. The fourth-order valence-corrected chi connectivity index (χ4v) is 2.20. The summed E-state index contributed by atoms with van der Waals surface area (Å²) in [6.45, 7) is 4.86. The summed E-state index contributed by atoms with van der Waals surface area (Å²) >= 11 is 0. The molecule has 0 heterocycles. The van der Waals surface area contributed by atoms with Crippen LogP contribution in [0.2, 0.25) is 0 Å². The van der Waals surface area contributed by atoms with Crippen molar-refractivity contribution >= 4 is 5.97 Å². The molecule has 1 aromatic rings. The van der Waals surface area contributed by atoms with Gasteiger partial charge in [-0.3, -0.25) is 4.79 Å². The highest BCUT2D eigenvalue weighted by molar-refractivity contribution is 5.67. The number of aryl methyl sites for hydroxylation is 2. The summed E-state index contributed by atoms with van der Waals surface area (Å²) in [5.74, 6) is -0.941. The second-order valence-corrected chi connectivity index (χ2v) is 4.96. The average Bonchev–Trinajstić information content (AvgIpc) is 2.36. The van der Waals surface area contributed by atoms with E-state index >= 15 is 0 Å². The lowest BCUT2D eigenvalue weighted by Gasteiger charge is -2.24. The highest BCUT2D eigenvalue weighted by Crippen LogP contribution is 2.23. The van der Waals surface area contributed by atoms with Crippen molar-refractivity contribution in [3.8, 4) is 0 Å². The summed E-state index contributed by atoms with van der Waals surface area (Å²) in [7, 11) is 1.58. The van der Waals surface area contributed by atoms with E-state index in [-0.39, 0.29) is 6.42 Å². The molecule has 0 bridgehead atoms. The number of carboxylic acid groups (broad SMARTS) is 1. The number of benzene rings is 1. The lowest BCUT2D eigenvalue weighted by atomic mass is 9.94. The zero-order chi connectivity index (χ0) is 15.1. The van der Waals surface area contributed by atoms with Crippen LogP contribution in [0.4, 0.5) is 0 Å². The molecule has 20 heavy (non-hydrogen) atoms. The third kappa shape index (κ3) is 4.92. The summed E-state index contributed by atoms with van der Waals surface area (Å²) in [5.41, 5.74) is 2.83. The van der Waals surface area contributed by atoms with Crippen LogP contribution >= 0.6 is 0 Å². The molecular formula is C15H23NO4. The number of nitrogens with one attached hydrogen (secondary N) is 1. The third-order valence-electron chi connectivity index (χ3n) is 3.23. The normalized spacial score (nSPS) is 14.0. The molecule has 0 saturated carbocycles. The van der Waals surface area contributed by atoms with Crippen molar-refractivity contribution in [3.05, 3.63) is 34.9 Å². The molecule has 0 radical (unpaired) electrons. The fraction of sp³-hybridized carbons (Fsp3) is 0.533. The Labute approximate surface area is 119 Å². The number of aliphatic carboxylic acids is 1. The van der Waals surface area contributed by atoms with Gasteiger partial charge in [0.25, 0.3) is 0 Å². The highest BCUT2D eigenvalue weighted by atomic mass is 16.5. The summed E-state index contributed by atoms with van der Waals surface area (Å²) in [6.07, 6.45) is -0.998. The first-order chi connectivity index (χ1) is 9.45. The van der Waals surface area contributed by atoms with Crippen molar-refractivity contribution in [1.29, 1.82) is 0 Å². The Balaban J connectivity index is 2.84. The Hall–Kier alpha value is -1.43. The maximum atomic E-state index is 10.9. The second-order valence-electron chi connectivity index (χ2n) is 4.96. The predicted molar refractivity (Wildman–Crippen MR) is 76.8 cm³/mol. The van der Waals surface area contributed by atoms with Crippen molar-refractivity contribution < 1.29 is 19.7 Å². The standard InChI is InChI=1S/C15H23NO4/c1-10-4-5-12(11(2)8-10)15(19)13(9-14(17)18)16-6-7-20-3/h4-5,8,13,15-16,19H,6-7,9H2,1-3H3,(H,17,18). The molecule has 112 valence electrons. The molecule has 0 aromatic heterocycles. The van der Waals surface area contributed by atoms with Crippen LogP contribution in [0.5, 0.6) is 0 Å². The molecule has 0 fully saturated rings. The summed E-state index contributed by atoms with van der Waals surface area (Å²) in [6, 6.07) is 5.20. The minimum absolute atomic E-state index is 0.141. The van der Waals surface area contributed by atoms with Crippen molar-refractivity contribution in [2.75, 3.05) is 20.3 Å². The molecule has 0 aliphatic carbocycles. The van der Waals surface area contributed by atoms with E-state index in [1.807, 2.05) is 32.0 Å². The van der Waals surface area contributed by atoms with E-state index in [4.69, 9.17) is 9.84 Å². The maximum Gasteiger partial charge on any atom is 0.305 e. The van der Waals surface area contributed by atoms with Crippen LogP contribution < -0.4 is 5.32 Å². The lowest BCUT2D eigenvalue weighted by molar-refractivity contribution is -0.138. The van der Waals surface area contributed by atoms with Gasteiger partial charge in [0.05, 0.1) is 19.1 Å². The molecule has 0 amide bonds. The smallest absolute Gasteiger partial charge is 0.305 e. The minimum atomic E-state index is -0.941. The number of hydrogen-bond acceptors (Lipinski definition) is 4. The van der Waals surface area contributed by atoms with E-state index in [9.17, 15) is 9.90 Å². The van der Waals surface area contributed by atoms with Gasteiger partial charge >= 0.3 is 5.97 Å². The first-order valence-electron chi connectivity index (χ1n) is 6.65. The predicted octanol–water partition coefficient (Wildman–Crippen LogP) is 1.42. The van der Waals surface area contributed by atoms with Gasteiger partial charge in [-0.05, 0) is 25.0 Å². The van der Waals surface area contributed by atoms with Gasteiger partial charge in [0, 0.05) is 19.7 Å². The molecular weight excluding hydrogens is 258 g/mol. The van der Waals surface area contributed by atoms with E-state index in [0.29, 0.717) is 13.2 Å². The Morgan fingerprint density at radius 2 is 2.10 bits per heavy atom. The molecule has 3 N–H and O–H groups in total. The summed E-state index contributed by atoms with van der Waals surface area (Å²) in [4.78, 5) is 10.9. The van der Waals surface area contributed by atoms with Crippen LogP contribution in [0.25, 0.3) is 0 Å². The van der Waals surface area contributed by atoms with Crippen LogP contribution in [-0.2, 0) is 9.53 Å². The van der Waals surface area contributed by atoms with E-state index in [2.05, 4.69) is 5.32 Å². The van der Waals surface area contributed by atoms with Crippen LogP contribution in [-0.4, -0.2) is 42.5 Å². The van der Waals surface area contributed by atoms with Crippen LogP contribution in [0.3, 0.4) is 0 Å². The molecule has 0 aliphatic rings. The Kier molecular flexibility index (Phi) is 6.64. The zero-order valence-corrected chi connectivity index (χ0v) is 12.2. The first-order valence-corrected chi connectivity index (χ1v) is 6.65. The van der Waals surface area contributed by atoms with Gasteiger partial charge in [0.15, 0.2) is 0 Å². The van der Waals surface area contributed by atoms with E-state index in [0.717, 1.165) is 16.7 Å². The minimum Gasteiger partial charge on any atom is -0.481 e. The molecule has 5 heteroatoms. The zero-order valence-electron chi connectivity index (χ0n) is 12.2. The Morgan fingerprint density at radius 1 is 1.40 bits per heavy atom. The number of carboxylic acids is 1. The Morgan fingerprint density at radius 3 is 2.65 bits per heavy atom. The molecule has 1 aromatic carbocycles.